The van der Waals surface area contributed by atoms with Gasteiger partial charge in [0.15, 0.2) is 11.6 Å². The highest BCUT2D eigenvalue weighted by Crippen LogP contribution is 2.48. The lowest BCUT2D eigenvalue weighted by Gasteiger charge is -2.06. The van der Waals surface area contributed by atoms with Crippen LogP contribution in [0.1, 0.15) is 24.8 Å². The standard InChI is InChI=1S/C12H13FO3/c1-2-16-11-5-7(3-4-10(11)13)8-6-9(8)12(14)15/h3-5,8-9H,2,6H2,1H3,(H,14,15)/t8-,9-/m0/s1. The van der Waals surface area contributed by atoms with Crippen LogP contribution in [0.3, 0.4) is 0 Å². The lowest BCUT2D eigenvalue weighted by atomic mass is 10.1. The van der Waals surface area contributed by atoms with Crippen LogP contribution in [0.25, 0.3) is 0 Å². The predicted octanol–water partition coefficient (Wildman–Crippen LogP) is 2.41. The molecule has 0 amide bonds. The Morgan fingerprint density at radius 2 is 2.38 bits per heavy atom. The summed E-state index contributed by atoms with van der Waals surface area (Å²) in [6.07, 6.45) is 0.631. The molecule has 1 aliphatic rings. The summed E-state index contributed by atoms with van der Waals surface area (Å²) in [4.78, 5) is 10.7. The van der Waals surface area contributed by atoms with Crippen molar-refractivity contribution in [3.05, 3.63) is 29.6 Å². The number of hydrogen-bond donors (Lipinski definition) is 1. The third kappa shape index (κ3) is 2.01. The van der Waals surface area contributed by atoms with Gasteiger partial charge in [0.2, 0.25) is 0 Å². The number of halogens is 1. The minimum absolute atomic E-state index is 0.0114. The smallest absolute Gasteiger partial charge is 0.307 e. The average Bonchev–Trinajstić information content (AvgIpc) is 3.01. The van der Waals surface area contributed by atoms with Crippen molar-refractivity contribution in [3.63, 3.8) is 0 Å². The first-order valence-corrected chi connectivity index (χ1v) is 5.28. The van der Waals surface area contributed by atoms with E-state index in [1.165, 1.54) is 6.07 Å². The molecule has 0 aliphatic heterocycles. The molecule has 16 heavy (non-hydrogen) atoms. The van der Waals surface area contributed by atoms with E-state index in [2.05, 4.69) is 0 Å². The van der Waals surface area contributed by atoms with Gasteiger partial charge in [0.1, 0.15) is 0 Å². The van der Waals surface area contributed by atoms with Crippen LogP contribution in [0.2, 0.25) is 0 Å². The van der Waals surface area contributed by atoms with Crippen LogP contribution in [-0.2, 0) is 4.79 Å². The third-order valence-corrected chi connectivity index (χ3v) is 2.79. The number of carboxylic acids is 1. The molecule has 1 aliphatic carbocycles. The van der Waals surface area contributed by atoms with Crippen LogP contribution in [0.15, 0.2) is 18.2 Å². The predicted molar refractivity (Wildman–Crippen MR) is 56.1 cm³/mol. The lowest BCUT2D eigenvalue weighted by Crippen LogP contribution is -2.00. The topological polar surface area (TPSA) is 46.5 Å². The molecule has 2 rings (SSSR count). The highest BCUT2D eigenvalue weighted by Gasteiger charge is 2.44. The Labute approximate surface area is 92.9 Å². The molecule has 1 aromatic carbocycles. The van der Waals surface area contributed by atoms with Gasteiger partial charge in [-0.25, -0.2) is 4.39 Å². The molecule has 1 saturated carbocycles. The molecule has 86 valence electrons. The van der Waals surface area contributed by atoms with Gasteiger partial charge < -0.3 is 9.84 Å². The Kier molecular flexibility index (Phi) is 2.81. The molecule has 1 fully saturated rings. The molecule has 3 nitrogen and oxygen atoms in total. The molecule has 0 unspecified atom stereocenters. The van der Waals surface area contributed by atoms with E-state index in [4.69, 9.17) is 9.84 Å². The summed E-state index contributed by atoms with van der Waals surface area (Å²) in [7, 11) is 0. The highest BCUT2D eigenvalue weighted by atomic mass is 19.1. The second kappa shape index (κ2) is 4.12. The number of benzene rings is 1. The number of rotatable bonds is 4. The molecule has 4 heteroatoms. The molecule has 1 N–H and O–H groups in total. The normalized spacial score (nSPS) is 22.9. The first-order valence-electron chi connectivity index (χ1n) is 5.28. The van der Waals surface area contributed by atoms with Crippen molar-refractivity contribution in [2.45, 2.75) is 19.3 Å². The molecule has 0 heterocycles. The van der Waals surface area contributed by atoms with Crippen molar-refractivity contribution in [1.29, 1.82) is 0 Å². The van der Waals surface area contributed by atoms with E-state index >= 15 is 0 Å². The zero-order chi connectivity index (χ0) is 11.7. The summed E-state index contributed by atoms with van der Waals surface area (Å²) in [5.41, 5.74) is 0.845. The zero-order valence-electron chi connectivity index (χ0n) is 8.94. The Hall–Kier alpha value is -1.58. The van der Waals surface area contributed by atoms with E-state index in [9.17, 15) is 9.18 Å². The largest absolute Gasteiger partial charge is 0.491 e. The Morgan fingerprint density at radius 3 is 2.94 bits per heavy atom. The number of carboxylic acid groups (broad SMARTS) is 1. The molecule has 0 spiro atoms. The Bertz CT molecular complexity index is 417. The molecular weight excluding hydrogens is 211 g/mol. The summed E-state index contributed by atoms with van der Waals surface area (Å²) < 4.78 is 18.4. The van der Waals surface area contributed by atoms with Gasteiger partial charge in [0.05, 0.1) is 12.5 Å². The molecule has 0 radical (unpaired) electrons. The first kappa shape index (κ1) is 10.9. The minimum Gasteiger partial charge on any atom is -0.491 e. The fraction of sp³-hybridized carbons (Fsp3) is 0.417. The van der Waals surface area contributed by atoms with E-state index in [0.29, 0.717) is 13.0 Å². The molecule has 0 aromatic heterocycles. The van der Waals surface area contributed by atoms with E-state index in [0.717, 1.165) is 5.56 Å². The van der Waals surface area contributed by atoms with Crippen molar-refractivity contribution in [3.8, 4) is 5.75 Å². The minimum atomic E-state index is -0.785. The van der Waals surface area contributed by atoms with Crippen molar-refractivity contribution in [2.75, 3.05) is 6.61 Å². The van der Waals surface area contributed by atoms with Crippen LogP contribution in [0, 0.1) is 11.7 Å². The van der Waals surface area contributed by atoms with E-state index in [-0.39, 0.29) is 17.6 Å². The van der Waals surface area contributed by atoms with Gasteiger partial charge in [0, 0.05) is 0 Å². The SMILES string of the molecule is CCOc1cc([C@@H]2C[C@@H]2C(=O)O)ccc1F. The van der Waals surface area contributed by atoms with Crippen LogP contribution in [-0.4, -0.2) is 17.7 Å². The maximum atomic E-state index is 13.3. The van der Waals surface area contributed by atoms with Crippen LogP contribution in [0.4, 0.5) is 4.39 Å². The molecule has 2 atom stereocenters. The van der Waals surface area contributed by atoms with E-state index in [1.807, 2.05) is 0 Å². The number of hydrogen-bond acceptors (Lipinski definition) is 2. The van der Waals surface area contributed by atoms with Crippen LogP contribution in [0.5, 0.6) is 5.75 Å². The second-order valence-corrected chi connectivity index (χ2v) is 3.91. The monoisotopic (exact) mass is 224 g/mol. The average molecular weight is 224 g/mol. The fourth-order valence-electron chi connectivity index (χ4n) is 1.85. The summed E-state index contributed by atoms with van der Waals surface area (Å²) in [6.45, 7) is 2.18. The second-order valence-electron chi connectivity index (χ2n) is 3.91. The van der Waals surface area contributed by atoms with Gasteiger partial charge in [-0.2, -0.15) is 0 Å². The molecular formula is C12H13FO3. The van der Waals surface area contributed by atoms with Gasteiger partial charge in [-0.15, -0.1) is 0 Å². The van der Waals surface area contributed by atoms with Gasteiger partial charge in [0.25, 0.3) is 0 Å². The van der Waals surface area contributed by atoms with Crippen molar-refractivity contribution in [2.24, 2.45) is 5.92 Å². The maximum Gasteiger partial charge on any atom is 0.307 e. The van der Waals surface area contributed by atoms with Gasteiger partial charge in [-0.3, -0.25) is 4.79 Å². The van der Waals surface area contributed by atoms with E-state index in [1.54, 1.807) is 19.1 Å². The van der Waals surface area contributed by atoms with Crippen molar-refractivity contribution >= 4 is 5.97 Å². The van der Waals surface area contributed by atoms with Crippen LogP contribution < -0.4 is 4.74 Å². The summed E-state index contributed by atoms with van der Waals surface area (Å²) in [5, 5.41) is 8.81. The van der Waals surface area contributed by atoms with Gasteiger partial charge in [-0.1, -0.05) is 6.07 Å². The summed E-state index contributed by atoms with van der Waals surface area (Å²) in [5.74, 6) is -1.29. The Balaban J connectivity index is 2.17. The van der Waals surface area contributed by atoms with Crippen molar-refractivity contribution in [1.82, 2.24) is 0 Å². The third-order valence-electron chi connectivity index (χ3n) is 2.79. The lowest BCUT2D eigenvalue weighted by molar-refractivity contribution is -0.138. The number of ether oxygens (including phenoxy) is 1. The first-order chi connectivity index (χ1) is 7.63. The molecule has 1 aromatic rings. The molecule has 0 bridgehead atoms. The quantitative estimate of drug-likeness (QED) is 0.854. The van der Waals surface area contributed by atoms with Gasteiger partial charge in [-0.05, 0) is 37.0 Å². The summed E-state index contributed by atoms with van der Waals surface area (Å²) in [6, 6.07) is 4.56. The van der Waals surface area contributed by atoms with Crippen LogP contribution >= 0.6 is 0 Å². The molecule has 0 saturated heterocycles. The van der Waals surface area contributed by atoms with Crippen molar-refractivity contribution < 1.29 is 19.0 Å². The summed E-state index contributed by atoms with van der Waals surface area (Å²) >= 11 is 0. The highest BCUT2D eigenvalue weighted by molar-refractivity contribution is 5.75. The van der Waals surface area contributed by atoms with Gasteiger partial charge >= 0.3 is 5.97 Å². The number of aliphatic carboxylic acids is 1. The Morgan fingerprint density at radius 1 is 1.62 bits per heavy atom. The van der Waals surface area contributed by atoms with E-state index < -0.39 is 11.8 Å². The fourth-order valence-corrected chi connectivity index (χ4v) is 1.85. The zero-order valence-corrected chi connectivity index (χ0v) is 8.94. The number of carbonyl (C=O) groups is 1. The maximum absolute atomic E-state index is 13.3.